The molecule has 25 heavy (non-hydrogen) atoms. The molecule has 0 saturated heterocycles. The second-order valence-electron chi connectivity index (χ2n) is 7.68. The van der Waals surface area contributed by atoms with Crippen LogP contribution < -0.4 is 5.32 Å². The van der Waals surface area contributed by atoms with Crippen LogP contribution in [-0.4, -0.2) is 27.1 Å². The largest absolute Gasteiger partial charge is 0.345 e. The Morgan fingerprint density at radius 2 is 1.84 bits per heavy atom. The molecule has 2 rings (SSSR count). The number of carbonyl (C=O) groups excluding carboxylic acids is 1. The second-order valence-corrected chi connectivity index (χ2v) is 7.68. The summed E-state index contributed by atoms with van der Waals surface area (Å²) in [6.07, 6.45) is 3.01. The molecular weight excluding hydrogens is 310 g/mol. The summed E-state index contributed by atoms with van der Waals surface area (Å²) >= 11 is 0. The average molecular weight is 341 g/mol. The van der Waals surface area contributed by atoms with Crippen LogP contribution in [0.25, 0.3) is 0 Å². The lowest BCUT2D eigenvalue weighted by Gasteiger charge is -2.32. The van der Waals surface area contributed by atoms with Crippen molar-refractivity contribution in [2.45, 2.75) is 65.7 Å². The highest BCUT2D eigenvalue weighted by atomic mass is 16.2. The van der Waals surface area contributed by atoms with Crippen LogP contribution in [0.5, 0.6) is 0 Å². The molecule has 1 heterocycles. The van der Waals surface area contributed by atoms with Gasteiger partial charge in [0.25, 0.3) is 0 Å². The summed E-state index contributed by atoms with van der Waals surface area (Å²) in [5.74, 6) is 0. The fourth-order valence-corrected chi connectivity index (χ4v) is 2.74. The SMILES string of the molecule is CCC(C)N(Cc1cccn1Cc1ccccc1)C(=O)NC(C)(C)C. The molecule has 0 fully saturated rings. The molecule has 1 aromatic carbocycles. The zero-order chi connectivity index (χ0) is 18.4. The number of carbonyl (C=O) groups is 1. The Morgan fingerprint density at radius 3 is 2.44 bits per heavy atom. The van der Waals surface area contributed by atoms with Crippen molar-refractivity contribution < 1.29 is 4.79 Å². The van der Waals surface area contributed by atoms with Crippen LogP contribution >= 0.6 is 0 Å². The standard InChI is InChI=1S/C21H31N3O/c1-6-17(2)24(20(25)22-21(3,4)5)16-19-13-10-14-23(19)15-18-11-8-7-9-12-18/h7-14,17H,6,15-16H2,1-5H3,(H,22,25). The number of hydrogen-bond acceptors (Lipinski definition) is 1. The minimum Gasteiger partial charge on any atom is -0.345 e. The van der Waals surface area contributed by atoms with Crippen molar-refractivity contribution in [1.82, 2.24) is 14.8 Å². The van der Waals surface area contributed by atoms with Gasteiger partial charge >= 0.3 is 6.03 Å². The van der Waals surface area contributed by atoms with E-state index in [0.717, 1.165) is 18.7 Å². The Hall–Kier alpha value is -2.23. The van der Waals surface area contributed by atoms with Gasteiger partial charge in [0.05, 0.1) is 6.54 Å². The quantitative estimate of drug-likeness (QED) is 0.816. The minimum atomic E-state index is -0.241. The first kappa shape index (κ1) is 19.1. The lowest BCUT2D eigenvalue weighted by Crippen LogP contribution is -2.51. The highest BCUT2D eigenvalue weighted by molar-refractivity contribution is 5.75. The minimum absolute atomic E-state index is 0.00527. The number of urea groups is 1. The van der Waals surface area contributed by atoms with Crippen molar-refractivity contribution >= 4 is 6.03 Å². The summed E-state index contributed by atoms with van der Waals surface area (Å²) in [5, 5.41) is 3.09. The van der Waals surface area contributed by atoms with Gasteiger partial charge in [-0.15, -0.1) is 0 Å². The molecule has 0 saturated carbocycles. The zero-order valence-corrected chi connectivity index (χ0v) is 16.1. The molecule has 4 nitrogen and oxygen atoms in total. The van der Waals surface area contributed by atoms with Crippen LogP contribution in [0.3, 0.4) is 0 Å². The van der Waals surface area contributed by atoms with Gasteiger partial charge in [0.1, 0.15) is 0 Å². The van der Waals surface area contributed by atoms with Gasteiger partial charge < -0.3 is 14.8 Å². The van der Waals surface area contributed by atoms with Crippen molar-refractivity contribution in [3.05, 3.63) is 59.9 Å². The molecule has 1 atom stereocenters. The fourth-order valence-electron chi connectivity index (χ4n) is 2.74. The molecule has 0 aliphatic rings. The van der Waals surface area contributed by atoms with Crippen molar-refractivity contribution in [2.24, 2.45) is 0 Å². The number of aromatic nitrogens is 1. The van der Waals surface area contributed by atoms with E-state index < -0.39 is 0 Å². The van der Waals surface area contributed by atoms with Gasteiger partial charge in [0, 0.05) is 30.0 Å². The van der Waals surface area contributed by atoms with Crippen molar-refractivity contribution in [2.75, 3.05) is 0 Å². The summed E-state index contributed by atoms with van der Waals surface area (Å²) in [5.41, 5.74) is 2.16. The van der Waals surface area contributed by atoms with Gasteiger partial charge in [0.15, 0.2) is 0 Å². The van der Waals surface area contributed by atoms with Gasteiger partial charge in [-0.1, -0.05) is 37.3 Å². The molecule has 1 unspecified atom stereocenters. The lowest BCUT2D eigenvalue weighted by atomic mass is 10.1. The monoisotopic (exact) mass is 341 g/mol. The molecule has 136 valence electrons. The fraction of sp³-hybridized carbons (Fsp3) is 0.476. The topological polar surface area (TPSA) is 37.3 Å². The summed E-state index contributed by atoms with van der Waals surface area (Å²) < 4.78 is 2.22. The maximum absolute atomic E-state index is 12.8. The van der Waals surface area contributed by atoms with E-state index in [1.807, 2.05) is 31.7 Å². The smallest absolute Gasteiger partial charge is 0.318 e. The Morgan fingerprint density at radius 1 is 1.16 bits per heavy atom. The normalized spacial score (nSPS) is 12.7. The maximum Gasteiger partial charge on any atom is 0.318 e. The van der Waals surface area contributed by atoms with Crippen LogP contribution in [-0.2, 0) is 13.1 Å². The molecule has 0 aliphatic heterocycles. The van der Waals surface area contributed by atoms with Gasteiger partial charge in [-0.2, -0.15) is 0 Å². The van der Waals surface area contributed by atoms with Gasteiger partial charge in [-0.3, -0.25) is 0 Å². The van der Waals surface area contributed by atoms with E-state index in [1.54, 1.807) is 0 Å². The third kappa shape index (κ3) is 5.66. The average Bonchev–Trinajstić information content (AvgIpc) is 2.98. The van der Waals surface area contributed by atoms with Crippen LogP contribution in [0, 0.1) is 0 Å². The van der Waals surface area contributed by atoms with Crippen LogP contribution in [0.4, 0.5) is 4.79 Å². The van der Waals surface area contributed by atoms with Crippen molar-refractivity contribution in [3.8, 4) is 0 Å². The van der Waals surface area contributed by atoms with E-state index in [1.165, 1.54) is 5.56 Å². The molecule has 1 aromatic heterocycles. The number of rotatable bonds is 6. The highest BCUT2D eigenvalue weighted by Gasteiger charge is 2.24. The summed E-state index contributed by atoms with van der Waals surface area (Å²) in [6, 6.07) is 14.7. The second kappa shape index (κ2) is 8.24. The highest BCUT2D eigenvalue weighted by Crippen LogP contribution is 2.15. The Labute approximate surface area is 151 Å². The summed E-state index contributed by atoms with van der Waals surface area (Å²) in [7, 11) is 0. The number of hydrogen-bond donors (Lipinski definition) is 1. The number of nitrogens with zero attached hydrogens (tertiary/aromatic N) is 2. The number of nitrogens with one attached hydrogen (secondary N) is 1. The predicted molar refractivity (Wildman–Crippen MR) is 104 cm³/mol. The van der Waals surface area contributed by atoms with Gasteiger partial charge in [-0.05, 0) is 51.8 Å². The molecule has 0 radical (unpaired) electrons. The molecular formula is C21H31N3O. The third-order valence-electron chi connectivity index (χ3n) is 4.32. The van der Waals surface area contributed by atoms with E-state index in [4.69, 9.17) is 0 Å². The molecule has 0 bridgehead atoms. The zero-order valence-electron chi connectivity index (χ0n) is 16.1. The van der Waals surface area contributed by atoms with Crippen LogP contribution in [0.2, 0.25) is 0 Å². The number of benzene rings is 1. The lowest BCUT2D eigenvalue weighted by molar-refractivity contribution is 0.163. The maximum atomic E-state index is 12.8. The van der Waals surface area contributed by atoms with E-state index in [2.05, 4.69) is 66.3 Å². The summed E-state index contributed by atoms with van der Waals surface area (Å²) in [6.45, 7) is 11.7. The Balaban J connectivity index is 2.16. The predicted octanol–water partition coefficient (Wildman–Crippen LogP) is 4.65. The van der Waals surface area contributed by atoms with E-state index in [-0.39, 0.29) is 17.6 Å². The van der Waals surface area contributed by atoms with Gasteiger partial charge in [0.2, 0.25) is 0 Å². The first-order chi connectivity index (χ1) is 11.8. The van der Waals surface area contributed by atoms with Crippen molar-refractivity contribution in [1.29, 1.82) is 0 Å². The van der Waals surface area contributed by atoms with Crippen LogP contribution in [0.15, 0.2) is 48.7 Å². The Kier molecular flexibility index (Phi) is 6.29. The summed E-state index contributed by atoms with van der Waals surface area (Å²) in [4.78, 5) is 14.7. The molecule has 2 amide bonds. The first-order valence-electron chi connectivity index (χ1n) is 9.07. The van der Waals surface area contributed by atoms with E-state index >= 15 is 0 Å². The van der Waals surface area contributed by atoms with E-state index in [0.29, 0.717) is 6.54 Å². The van der Waals surface area contributed by atoms with Crippen LogP contribution in [0.1, 0.15) is 52.3 Å². The molecule has 2 aromatic rings. The molecule has 0 aliphatic carbocycles. The van der Waals surface area contributed by atoms with E-state index in [9.17, 15) is 4.79 Å². The Bertz CT molecular complexity index is 670. The first-order valence-corrected chi connectivity index (χ1v) is 9.07. The third-order valence-corrected chi connectivity index (χ3v) is 4.32. The number of amides is 2. The molecule has 0 spiro atoms. The molecule has 1 N–H and O–H groups in total. The van der Waals surface area contributed by atoms with Gasteiger partial charge in [-0.25, -0.2) is 4.79 Å². The molecule has 4 heteroatoms. The van der Waals surface area contributed by atoms with Crippen molar-refractivity contribution in [3.63, 3.8) is 0 Å².